The zero-order chi connectivity index (χ0) is 10.6. The SMILES string of the molecule is C#CC(CC)N1CCCCC1C(C)N. The molecule has 1 aliphatic heterocycles. The summed E-state index contributed by atoms with van der Waals surface area (Å²) in [6, 6.07) is 1.01. The molecule has 0 bridgehead atoms. The molecule has 2 nitrogen and oxygen atoms in total. The molecular weight excluding hydrogens is 172 g/mol. The first-order chi connectivity index (χ1) is 6.70. The Labute approximate surface area is 87.8 Å². The molecule has 0 amide bonds. The zero-order valence-corrected chi connectivity index (χ0v) is 9.37. The van der Waals surface area contributed by atoms with Gasteiger partial charge in [-0.2, -0.15) is 0 Å². The second-order valence-electron chi connectivity index (χ2n) is 4.25. The fourth-order valence-corrected chi connectivity index (χ4v) is 2.38. The Hall–Kier alpha value is -0.520. The summed E-state index contributed by atoms with van der Waals surface area (Å²) < 4.78 is 0. The number of piperidine rings is 1. The molecule has 1 saturated heterocycles. The van der Waals surface area contributed by atoms with E-state index in [1.807, 2.05) is 0 Å². The Morgan fingerprint density at radius 2 is 2.29 bits per heavy atom. The van der Waals surface area contributed by atoms with E-state index in [1.54, 1.807) is 0 Å². The van der Waals surface area contributed by atoms with Crippen molar-refractivity contribution in [3.63, 3.8) is 0 Å². The molecule has 0 aromatic rings. The lowest BCUT2D eigenvalue weighted by Gasteiger charge is -2.41. The van der Waals surface area contributed by atoms with E-state index < -0.39 is 0 Å². The first-order valence-corrected chi connectivity index (χ1v) is 5.68. The Balaban J connectivity index is 2.67. The average Bonchev–Trinajstić information content (AvgIpc) is 2.20. The summed E-state index contributed by atoms with van der Waals surface area (Å²) in [5.41, 5.74) is 5.99. The molecule has 0 saturated carbocycles. The first kappa shape index (κ1) is 11.6. The molecule has 2 N–H and O–H groups in total. The largest absolute Gasteiger partial charge is 0.327 e. The van der Waals surface area contributed by atoms with Crippen molar-refractivity contribution >= 4 is 0 Å². The molecular formula is C12H22N2. The molecule has 0 radical (unpaired) electrons. The number of rotatable bonds is 3. The zero-order valence-electron chi connectivity index (χ0n) is 9.37. The van der Waals surface area contributed by atoms with Crippen LogP contribution >= 0.6 is 0 Å². The molecule has 1 fully saturated rings. The van der Waals surface area contributed by atoms with E-state index in [4.69, 9.17) is 12.2 Å². The maximum Gasteiger partial charge on any atom is 0.0712 e. The summed E-state index contributed by atoms with van der Waals surface area (Å²) in [4.78, 5) is 2.42. The van der Waals surface area contributed by atoms with E-state index >= 15 is 0 Å². The second-order valence-corrected chi connectivity index (χ2v) is 4.25. The van der Waals surface area contributed by atoms with Crippen molar-refractivity contribution in [1.82, 2.24) is 4.90 Å². The molecule has 14 heavy (non-hydrogen) atoms. The Morgan fingerprint density at radius 3 is 2.79 bits per heavy atom. The highest BCUT2D eigenvalue weighted by molar-refractivity contribution is 5.02. The van der Waals surface area contributed by atoms with Crippen molar-refractivity contribution in [2.75, 3.05) is 6.54 Å². The second kappa shape index (κ2) is 5.38. The van der Waals surface area contributed by atoms with Gasteiger partial charge in [-0.25, -0.2) is 0 Å². The van der Waals surface area contributed by atoms with Gasteiger partial charge in [0.15, 0.2) is 0 Å². The van der Waals surface area contributed by atoms with E-state index in [2.05, 4.69) is 24.7 Å². The van der Waals surface area contributed by atoms with Crippen molar-refractivity contribution in [2.45, 2.75) is 57.7 Å². The van der Waals surface area contributed by atoms with Gasteiger partial charge >= 0.3 is 0 Å². The predicted octanol–water partition coefficient (Wildman–Crippen LogP) is 1.60. The lowest BCUT2D eigenvalue weighted by atomic mass is 9.94. The third-order valence-electron chi connectivity index (χ3n) is 3.18. The molecule has 0 spiro atoms. The lowest BCUT2D eigenvalue weighted by Crippen LogP contribution is -2.52. The van der Waals surface area contributed by atoms with Crippen LogP contribution in [0.1, 0.15) is 39.5 Å². The molecule has 1 aliphatic rings. The molecule has 80 valence electrons. The van der Waals surface area contributed by atoms with Crippen molar-refractivity contribution < 1.29 is 0 Å². The van der Waals surface area contributed by atoms with Crippen LogP contribution in [-0.2, 0) is 0 Å². The van der Waals surface area contributed by atoms with Gasteiger partial charge in [0.2, 0.25) is 0 Å². The van der Waals surface area contributed by atoms with Gasteiger partial charge in [-0.05, 0) is 32.7 Å². The van der Waals surface area contributed by atoms with Gasteiger partial charge in [0.1, 0.15) is 0 Å². The van der Waals surface area contributed by atoms with Crippen molar-refractivity contribution in [1.29, 1.82) is 0 Å². The van der Waals surface area contributed by atoms with Gasteiger partial charge in [0.05, 0.1) is 6.04 Å². The third-order valence-corrected chi connectivity index (χ3v) is 3.18. The van der Waals surface area contributed by atoms with E-state index in [0.717, 1.165) is 13.0 Å². The van der Waals surface area contributed by atoms with Gasteiger partial charge in [-0.1, -0.05) is 19.3 Å². The molecule has 2 heteroatoms. The van der Waals surface area contributed by atoms with E-state index in [9.17, 15) is 0 Å². The monoisotopic (exact) mass is 194 g/mol. The van der Waals surface area contributed by atoms with Crippen molar-refractivity contribution in [2.24, 2.45) is 5.73 Å². The van der Waals surface area contributed by atoms with Gasteiger partial charge in [-0.3, -0.25) is 4.90 Å². The smallest absolute Gasteiger partial charge is 0.0712 e. The minimum Gasteiger partial charge on any atom is -0.327 e. The van der Waals surface area contributed by atoms with E-state index in [0.29, 0.717) is 6.04 Å². The number of terminal acetylenes is 1. The quantitative estimate of drug-likeness (QED) is 0.691. The van der Waals surface area contributed by atoms with E-state index in [1.165, 1.54) is 19.3 Å². The van der Waals surface area contributed by atoms with Crippen LogP contribution < -0.4 is 5.73 Å². The molecule has 1 rings (SSSR count). The molecule has 0 aromatic heterocycles. The minimum absolute atomic E-state index is 0.234. The van der Waals surface area contributed by atoms with Crippen LogP contribution in [0.2, 0.25) is 0 Å². The first-order valence-electron chi connectivity index (χ1n) is 5.68. The Bertz CT molecular complexity index is 205. The van der Waals surface area contributed by atoms with Crippen LogP contribution in [0.3, 0.4) is 0 Å². The van der Waals surface area contributed by atoms with Gasteiger partial charge in [0, 0.05) is 12.1 Å². The fourth-order valence-electron chi connectivity index (χ4n) is 2.38. The van der Waals surface area contributed by atoms with Crippen molar-refractivity contribution in [3.05, 3.63) is 0 Å². The van der Waals surface area contributed by atoms with Crippen molar-refractivity contribution in [3.8, 4) is 12.3 Å². The van der Waals surface area contributed by atoms with Crippen LogP contribution in [-0.4, -0.2) is 29.6 Å². The molecule has 0 aliphatic carbocycles. The number of likely N-dealkylation sites (tertiary alicyclic amines) is 1. The lowest BCUT2D eigenvalue weighted by molar-refractivity contribution is 0.104. The number of nitrogens with zero attached hydrogens (tertiary/aromatic N) is 1. The fraction of sp³-hybridized carbons (Fsp3) is 0.833. The molecule has 3 atom stereocenters. The molecule has 0 aromatic carbocycles. The molecule has 1 heterocycles. The van der Waals surface area contributed by atoms with Crippen LogP contribution in [0.15, 0.2) is 0 Å². The van der Waals surface area contributed by atoms with Crippen LogP contribution in [0.5, 0.6) is 0 Å². The van der Waals surface area contributed by atoms with Gasteiger partial charge in [0.25, 0.3) is 0 Å². The normalized spacial score (nSPS) is 28.0. The summed E-state index contributed by atoms with van der Waals surface area (Å²) in [6.45, 7) is 5.36. The summed E-state index contributed by atoms with van der Waals surface area (Å²) in [7, 11) is 0. The highest BCUT2D eigenvalue weighted by Gasteiger charge is 2.28. The molecule has 3 unspecified atom stereocenters. The topological polar surface area (TPSA) is 29.3 Å². The van der Waals surface area contributed by atoms with Crippen LogP contribution in [0.4, 0.5) is 0 Å². The van der Waals surface area contributed by atoms with Crippen LogP contribution in [0.25, 0.3) is 0 Å². The number of hydrogen-bond acceptors (Lipinski definition) is 2. The maximum atomic E-state index is 5.99. The summed E-state index contributed by atoms with van der Waals surface area (Å²) in [5, 5.41) is 0. The predicted molar refractivity (Wildman–Crippen MR) is 60.9 cm³/mol. The van der Waals surface area contributed by atoms with Gasteiger partial charge < -0.3 is 5.73 Å². The Morgan fingerprint density at radius 1 is 1.57 bits per heavy atom. The maximum absolute atomic E-state index is 5.99. The van der Waals surface area contributed by atoms with E-state index in [-0.39, 0.29) is 12.1 Å². The number of hydrogen-bond donors (Lipinski definition) is 1. The standard InChI is InChI=1S/C12H22N2/c1-4-11(5-2)14-9-7-6-8-12(14)10(3)13/h1,10-12H,5-9,13H2,2-3H3. The van der Waals surface area contributed by atoms with Gasteiger partial charge in [-0.15, -0.1) is 6.42 Å². The highest BCUT2D eigenvalue weighted by atomic mass is 15.2. The summed E-state index contributed by atoms with van der Waals surface area (Å²) in [6.07, 6.45) is 10.3. The number of nitrogens with two attached hydrogens (primary N) is 1. The highest BCUT2D eigenvalue weighted by Crippen LogP contribution is 2.22. The summed E-state index contributed by atoms with van der Waals surface area (Å²) >= 11 is 0. The summed E-state index contributed by atoms with van der Waals surface area (Å²) in [5.74, 6) is 2.88. The Kier molecular flexibility index (Phi) is 4.44. The van der Waals surface area contributed by atoms with Crippen LogP contribution in [0, 0.1) is 12.3 Å². The third kappa shape index (κ3) is 2.50. The average molecular weight is 194 g/mol. The minimum atomic E-state index is 0.234.